The highest BCUT2D eigenvalue weighted by Crippen LogP contribution is 2.22. The minimum absolute atomic E-state index is 0.184. The van der Waals surface area contributed by atoms with Crippen LogP contribution in [0.3, 0.4) is 0 Å². The number of likely N-dealkylation sites (tertiary alicyclic amines) is 1. The Bertz CT molecular complexity index is 358. The lowest BCUT2D eigenvalue weighted by Crippen LogP contribution is -2.31. The van der Waals surface area contributed by atoms with Crippen LogP contribution >= 0.6 is 0 Å². The van der Waals surface area contributed by atoms with E-state index in [4.69, 9.17) is 5.73 Å². The zero-order chi connectivity index (χ0) is 13.0. The number of hydrogen-bond acceptors (Lipinski definition) is 2. The third-order valence-electron chi connectivity index (χ3n) is 4.20. The van der Waals surface area contributed by atoms with Crippen LogP contribution < -0.4 is 5.73 Å². The molecule has 0 spiro atoms. The molecule has 2 rings (SSSR count). The first-order chi connectivity index (χ1) is 8.70. The molecule has 2 heteroatoms. The summed E-state index contributed by atoms with van der Waals surface area (Å²) in [6, 6.07) is 9.63. The highest BCUT2D eigenvalue weighted by molar-refractivity contribution is 5.23. The van der Waals surface area contributed by atoms with E-state index in [-0.39, 0.29) is 6.04 Å². The average Bonchev–Trinajstić information content (AvgIpc) is 2.84. The van der Waals surface area contributed by atoms with Crippen molar-refractivity contribution < 1.29 is 0 Å². The monoisotopic (exact) mass is 246 g/mol. The van der Waals surface area contributed by atoms with Gasteiger partial charge in [-0.05, 0) is 44.7 Å². The van der Waals surface area contributed by atoms with Crippen LogP contribution in [0.2, 0.25) is 0 Å². The van der Waals surface area contributed by atoms with Crippen LogP contribution in [0.1, 0.15) is 49.8 Å². The molecule has 2 atom stereocenters. The zero-order valence-electron chi connectivity index (χ0n) is 11.7. The molecule has 0 bridgehead atoms. The molecule has 0 amide bonds. The van der Waals surface area contributed by atoms with E-state index in [0.29, 0.717) is 0 Å². The molecule has 2 unspecified atom stereocenters. The second-order valence-corrected chi connectivity index (χ2v) is 5.55. The number of aryl methyl sites for hydroxylation is 1. The van der Waals surface area contributed by atoms with E-state index in [9.17, 15) is 0 Å². The van der Waals surface area contributed by atoms with Gasteiger partial charge in [0, 0.05) is 18.6 Å². The first kappa shape index (κ1) is 13.6. The maximum Gasteiger partial charge on any atom is 0.0307 e. The van der Waals surface area contributed by atoms with E-state index in [1.165, 1.54) is 36.9 Å². The van der Waals surface area contributed by atoms with Gasteiger partial charge in [0.05, 0.1) is 0 Å². The van der Waals surface area contributed by atoms with Crippen molar-refractivity contribution in [3.63, 3.8) is 0 Å². The molecule has 2 N–H and O–H groups in total. The molecule has 1 aliphatic heterocycles. The first-order valence-electron chi connectivity index (χ1n) is 7.27. The molecule has 18 heavy (non-hydrogen) atoms. The summed E-state index contributed by atoms with van der Waals surface area (Å²) in [5.41, 5.74) is 8.86. The van der Waals surface area contributed by atoms with E-state index in [0.717, 1.165) is 19.0 Å². The van der Waals surface area contributed by atoms with Gasteiger partial charge < -0.3 is 10.6 Å². The van der Waals surface area contributed by atoms with Gasteiger partial charge in [-0.15, -0.1) is 0 Å². The summed E-state index contributed by atoms with van der Waals surface area (Å²) in [6.07, 6.45) is 5.08. The van der Waals surface area contributed by atoms with E-state index in [2.05, 4.69) is 43.0 Å². The number of benzene rings is 1. The molecule has 0 radical (unpaired) electrons. The molecule has 0 aliphatic carbocycles. The van der Waals surface area contributed by atoms with E-state index < -0.39 is 0 Å². The van der Waals surface area contributed by atoms with Crippen molar-refractivity contribution in [1.29, 1.82) is 0 Å². The lowest BCUT2D eigenvalue weighted by molar-refractivity contribution is 0.239. The van der Waals surface area contributed by atoms with E-state index in [1.807, 2.05) is 0 Å². The fourth-order valence-corrected chi connectivity index (χ4v) is 2.94. The van der Waals surface area contributed by atoms with Gasteiger partial charge in [0.2, 0.25) is 0 Å². The SMILES string of the molecule is CCC1CCCN1CCC(N)c1ccc(C)cc1. The molecule has 100 valence electrons. The maximum absolute atomic E-state index is 6.28. The van der Waals surface area contributed by atoms with Gasteiger partial charge in [0.15, 0.2) is 0 Å². The summed E-state index contributed by atoms with van der Waals surface area (Å²) in [6.45, 7) is 6.82. The second kappa shape index (κ2) is 6.35. The second-order valence-electron chi connectivity index (χ2n) is 5.55. The summed E-state index contributed by atoms with van der Waals surface area (Å²) in [5.74, 6) is 0. The molecular formula is C16H26N2. The van der Waals surface area contributed by atoms with Crippen molar-refractivity contribution in [2.24, 2.45) is 5.73 Å². The van der Waals surface area contributed by atoms with Crippen molar-refractivity contribution in [1.82, 2.24) is 4.90 Å². The van der Waals surface area contributed by atoms with Gasteiger partial charge in [-0.3, -0.25) is 0 Å². The minimum Gasteiger partial charge on any atom is -0.324 e. The Morgan fingerprint density at radius 1 is 1.33 bits per heavy atom. The quantitative estimate of drug-likeness (QED) is 0.864. The van der Waals surface area contributed by atoms with Gasteiger partial charge in [-0.1, -0.05) is 36.8 Å². The maximum atomic E-state index is 6.28. The molecule has 0 saturated carbocycles. The van der Waals surface area contributed by atoms with Crippen LogP contribution in [0.4, 0.5) is 0 Å². The Kier molecular flexibility index (Phi) is 4.79. The Hall–Kier alpha value is -0.860. The summed E-state index contributed by atoms with van der Waals surface area (Å²) in [7, 11) is 0. The van der Waals surface area contributed by atoms with Crippen LogP contribution in [-0.4, -0.2) is 24.0 Å². The summed E-state index contributed by atoms with van der Waals surface area (Å²) in [4.78, 5) is 2.62. The lowest BCUT2D eigenvalue weighted by Gasteiger charge is -2.24. The fourth-order valence-electron chi connectivity index (χ4n) is 2.94. The van der Waals surface area contributed by atoms with E-state index in [1.54, 1.807) is 0 Å². The summed E-state index contributed by atoms with van der Waals surface area (Å²) in [5, 5.41) is 0. The van der Waals surface area contributed by atoms with E-state index >= 15 is 0 Å². The molecule has 1 aromatic rings. The Labute approximate surface area is 111 Å². The standard InChI is InChI=1S/C16H26N2/c1-3-15-5-4-11-18(15)12-10-16(17)14-8-6-13(2)7-9-14/h6-9,15-16H,3-5,10-12,17H2,1-2H3. The van der Waals surface area contributed by atoms with Crippen molar-refractivity contribution in [2.45, 2.75) is 51.6 Å². The molecule has 1 heterocycles. The molecule has 1 aromatic carbocycles. The Morgan fingerprint density at radius 3 is 2.72 bits per heavy atom. The zero-order valence-corrected chi connectivity index (χ0v) is 11.7. The number of hydrogen-bond donors (Lipinski definition) is 1. The van der Waals surface area contributed by atoms with Crippen LogP contribution in [0.5, 0.6) is 0 Å². The predicted octanol–water partition coefficient (Wildman–Crippen LogP) is 3.26. The van der Waals surface area contributed by atoms with Crippen LogP contribution in [0.15, 0.2) is 24.3 Å². The van der Waals surface area contributed by atoms with Crippen LogP contribution in [0.25, 0.3) is 0 Å². The highest BCUT2D eigenvalue weighted by Gasteiger charge is 2.22. The third-order valence-corrected chi connectivity index (χ3v) is 4.20. The van der Waals surface area contributed by atoms with Crippen molar-refractivity contribution in [3.8, 4) is 0 Å². The fraction of sp³-hybridized carbons (Fsp3) is 0.625. The van der Waals surface area contributed by atoms with Crippen LogP contribution in [-0.2, 0) is 0 Å². The minimum atomic E-state index is 0.184. The highest BCUT2D eigenvalue weighted by atomic mass is 15.2. The Morgan fingerprint density at radius 2 is 2.06 bits per heavy atom. The van der Waals surface area contributed by atoms with Gasteiger partial charge in [0.25, 0.3) is 0 Å². The third kappa shape index (κ3) is 3.33. The van der Waals surface area contributed by atoms with Gasteiger partial charge in [0.1, 0.15) is 0 Å². The van der Waals surface area contributed by atoms with Gasteiger partial charge in [-0.2, -0.15) is 0 Å². The van der Waals surface area contributed by atoms with Gasteiger partial charge in [-0.25, -0.2) is 0 Å². The molecule has 1 fully saturated rings. The van der Waals surface area contributed by atoms with Crippen LogP contribution in [0, 0.1) is 6.92 Å². The molecule has 1 saturated heterocycles. The topological polar surface area (TPSA) is 29.3 Å². The smallest absolute Gasteiger partial charge is 0.0307 e. The molecule has 2 nitrogen and oxygen atoms in total. The number of nitrogens with zero attached hydrogens (tertiary/aromatic N) is 1. The Balaban J connectivity index is 1.84. The predicted molar refractivity (Wildman–Crippen MR) is 77.6 cm³/mol. The molecular weight excluding hydrogens is 220 g/mol. The molecule has 0 aromatic heterocycles. The summed E-state index contributed by atoms with van der Waals surface area (Å²) >= 11 is 0. The van der Waals surface area contributed by atoms with Crippen molar-refractivity contribution >= 4 is 0 Å². The molecule has 1 aliphatic rings. The largest absolute Gasteiger partial charge is 0.324 e. The van der Waals surface area contributed by atoms with Gasteiger partial charge >= 0.3 is 0 Å². The lowest BCUT2D eigenvalue weighted by atomic mass is 10.0. The van der Waals surface area contributed by atoms with Crippen molar-refractivity contribution in [2.75, 3.05) is 13.1 Å². The number of rotatable bonds is 5. The first-order valence-corrected chi connectivity index (χ1v) is 7.27. The van der Waals surface area contributed by atoms with Crippen molar-refractivity contribution in [3.05, 3.63) is 35.4 Å². The normalized spacial score (nSPS) is 22.3. The summed E-state index contributed by atoms with van der Waals surface area (Å²) < 4.78 is 0. The number of nitrogens with two attached hydrogens (primary N) is 1. The average molecular weight is 246 g/mol.